The molecule has 0 bridgehead atoms. The van der Waals surface area contributed by atoms with Crippen molar-refractivity contribution < 1.29 is 19.2 Å². The number of rotatable bonds is 8. The highest BCUT2D eigenvalue weighted by molar-refractivity contribution is 8.15. The number of fused-ring (bicyclic) bond motifs is 1. The summed E-state index contributed by atoms with van der Waals surface area (Å²) in [4.78, 5) is 32.5. The molecule has 0 aliphatic carbocycles. The maximum absolute atomic E-state index is 11.6. The number of nitrogens with zero attached hydrogens (tertiary/aromatic N) is 2. The molecule has 1 aliphatic rings. The standard InChI is InChI=1S/C22H19N3O4S/c26-21-20(30-22(27)25-21)12-15-5-7-18(8-6-15)28-9-10-29-24-14-16-11-17-3-1-2-4-19(17)23-13-16/h1-8,11,13-14,20H,9-10,12H2,(H,25,26,27). The Bertz CT molecular complexity index is 1090. The van der Waals surface area contributed by atoms with E-state index in [-0.39, 0.29) is 16.4 Å². The van der Waals surface area contributed by atoms with Gasteiger partial charge in [-0.2, -0.15) is 0 Å². The summed E-state index contributed by atoms with van der Waals surface area (Å²) >= 11 is 1.03. The normalized spacial score (nSPS) is 16.2. The van der Waals surface area contributed by atoms with Gasteiger partial charge in [-0.15, -0.1) is 0 Å². The fourth-order valence-corrected chi connectivity index (χ4v) is 3.83. The van der Waals surface area contributed by atoms with E-state index in [1.54, 1.807) is 12.4 Å². The molecule has 0 radical (unpaired) electrons. The summed E-state index contributed by atoms with van der Waals surface area (Å²) in [6, 6.07) is 17.3. The zero-order valence-corrected chi connectivity index (χ0v) is 16.8. The zero-order chi connectivity index (χ0) is 20.8. The minimum absolute atomic E-state index is 0.234. The Kier molecular flexibility index (Phi) is 6.24. The van der Waals surface area contributed by atoms with Crippen molar-refractivity contribution in [3.8, 4) is 5.75 Å². The van der Waals surface area contributed by atoms with Crippen LogP contribution in [0.2, 0.25) is 0 Å². The molecule has 1 aromatic heterocycles. The van der Waals surface area contributed by atoms with E-state index < -0.39 is 0 Å². The molecule has 7 nitrogen and oxygen atoms in total. The van der Waals surface area contributed by atoms with Crippen molar-refractivity contribution in [3.05, 3.63) is 71.9 Å². The summed E-state index contributed by atoms with van der Waals surface area (Å²) in [7, 11) is 0. The van der Waals surface area contributed by atoms with Gasteiger partial charge in [-0.05, 0) is 36.2 Å². The van der Waals surface area contributed by atoms with Crippen LogP contribution in [0, 0.1) is 0 Å². The number of amides is 2. The van der Waals surface area contributed by atoms with Gasteiger partial charge in [0.25, 0.3) is 5.24 Å². The molecule has 0 spiro atoms. The first-order chi connectivity index (χ1) is 14.7. The van der Waals surface area contributed by atoms with E-state index in [1.165, 1.54) is 0 Å². The Hall–Kier alpha value is -3.39. The molecule has 2 amide bonds. The molecule has 1 aliphatic heterocycles. The second kappa shape index (κ2) is 9.41. The fourth-order valence-electron chi connectivity index (χ4n) is 2.97. The average Bonchev–Trinajstić information content (AvgIpc) is 3.08. The maximum atomic E-state index is 11.6. The van der Waals surface area contributed by atoms with Crippen LogP contribution in [0.25, 0.3) is 10.9 Å². The molecule has 8 heteroatoms. The lowest BCUT2D eigenvalue weighted by Gasteiger charge is -2.08. The Morgan fingerprint density at radius 2 is 1.93 bits per heavy atom. The molecule has 1 saturated heterocycles. The van der Waals surface area contributed by atoms with Crippen molar-refractivity contribution in [3.63, 3.8) is 0 Å². The second-order valence-electron chi connectivity index (χ2n) is 6.61. The van der Waals surface area contributed by atoms with Gasteiger partial charge in [0.05, 0.1) is 17.0 Å². The fraction of sp³-hybridized carbons (Fsp3) is 0.182. The molecule has 4 rings (SSSR count). The van der Waals surface area contributed by atoms with Crippen LogP contribution in [-0.4, -0.2) is 40.8 Å². The van der Waals surface area contributed by atoms with Gasteiger partial charge in [-0.1, -0.05) is 47.2 Å². The molecular weight excluding hydrogens is 402 g/mol. The number of carbonyl (C=O) groups is 2. The van der Waals surface area contributed by atoms with Crippen LogP contribution in [0.4, 0.5) is 4.79 Å². The lowest BCUT2D eigenvalue weighted by Crippen LogP contribution is -2.25. The van der Waals surface area contributed by atoms with E-state index in [0.717, 1.165) is 33.8 Å². The summed E-state index contributed by atoms with van der Waals surface area (Å²) in [6.07, 6.45) is 3.87. The predicted molar refractivity (Wildman–Crippen MR) is 116 cm³/mol. The number of benzene rings is 2. The van der Waals surface area contributed by atoms with Crippen molar-refractivity contribution in [2.75, 3.05) is 13.2 Å². The van der Waals surface area contributed by atoms with Gasteiger partial charge in [0.2, 0.25) is 5.91 Å². The number of hydrogen-bond acceptors (Lipinski definition) is 7. The van der Waals surface area contributed by atoms with Gasteiger partial charge in [0, 0.05) is 17.1 Å². The van der Waals surface area contributed by atoms with E-state index in [4.69, 9.17) is 9.57 Å². The van der Waals surface area contributed by atoms with Gasteiger partial charge < -0.3 is 9.57 Å². The number of imide groups is 1. The van der Waals surface area contributed by atoms with Crippen LogP contribution in [0.5, 0.6) is 5.75 Å². The van der Waals surface area contributed by atoms with Crippen LogP contribution in [-0.2, 0) is 16.1 Å². The van der Waals surface area contributed by atoms with Crippen molar-refractivity contribution in [2.45, 2.75) is 11.7 Å². The summed E-state index contributed by atoms with van der Waals surface area (Å²) in [6.45, 7) is 0.655. The number of thioether (sulfide) groups is 1. The molecule has 0 saturated carbocycles. The third-order valence-corrected chi connectivity index (χ3v) is 5.42. The minimum atomic E-state index is -0.367. The molecule has 2 aromatic carbocycles. The first kappa shape index (κ1) is 19.9. The first-order valence-electron chi connectivity index (χ1n) is 9.41. The minimum Gasteiger partial charge on any atom is -0.490 e. The van der Waals surface area contributed by atoms with Crippen LogP contribution in [0.3, 0.4) is 0 Å². The predicted octanol–water partition coefficient (Wildman–Crippen LogP) is 3.56. The highest BCUT2D eigenvalue weighted by atomic mass is 32.2. The number of carbonyl (C=O) groups excluding carboxylic acids is 2. The third-order valence-electron chi connectivity index (χ3n) is 4.44. The van der Waals surface area contributed by atoms with Gasteiger partial charge >= 0.3 is 0 Å². The van der Waals surface area contributed by atoms with E-state index in [0.29, 0.717) is 25.4 Å². The van der Waals surface area contributed by atoms with Crippen molar-refractivity contribution in [1.29, 1.82) is 0 Å². The third kappa shape index (κ3) is 5.15. The molecule has 1 fully saturated rings. The number of ether oxygens (including phenoxy) is 1. The highest BCUT2D eigenvalue weighted by Gasteiger charge is 2.31. The molecule has 3 aromatic rings. The van der Waals surface area contributed by atoms with Crippen LogP contribution >= 0.6 is 11.8 Å². The summed E-state index contributed by atoms with van der Waals surface area (Å²) < 4.78 is 5.63. The van der Waals surface area contributed by atoms with Crippen LogP contribution in [0.1, 0.15) is 11.1 Å². The largest absolute Gasteiger partial charge is 0.490 e. The van der Waals surface area contributed by atoms with Crippen LogP contribution < -0.4 is 10.1 Å². The molecule has 1 unspecified atom stereocenters. The molecule has 2 heterocycles. The quantitative estimate of drug-likeness (QED) is 0.340. The number of oxime groups is 1. The number of hydrogen-bond donors (Lipinski definition) is 1. The van der Waals surface area contributed by atoms with Gasteiger partial charge in [-0.25, -0.2) is 0 Å². The van der Waals surface area contributed by atoms with E-state index in [9.17, 15) is 9.59 Å². The Labute approximate surface area is 177 Å². The lowest BCUT2D eigenvalue weighted by atomic mass is 10.1. The smallest absolute Gasteiger partial charge is 0.286 e. The van der Waals surface area contributed by atoms with Crippen LogP contribution in [0.15, 0.2) is 65.9 Å². The molecule has 152 valence electrons. The van der Waals surface area contributed by atoms with E-state index >= 15 is 0 Å². The average molecular weight is 421 g/mol. The molecular formula is C22H19N3O4S. The zero-order valence-electron chi connectivity index (χ0n) is 16.0. The van der Waals surface area contributed by atoms with Crippen molar-refractivity contribution in [2.24, 2.45) is 5.16 Å². The molecule has 1 N–H and O–H groups in total. The highest BCUT2D eigenvalue weighted by Crippen LogP contribution is 2.23. The number of pyridine rings is 1. The summed E-state index contributed by atoms with van der Waals surface area (Å²) in [5.74, 6) is 0.465. The van der Waals surface area contributed by atoms with Crippen molar-refractivity contribution >= 4 is 40.0 Å². The second-order valence-corrected chi connectivity index (χ2v) is 7.78. The van der Waals surface area contributed by atoms with Crippen molar-refractivity contribution in [1.82, 2.24) is 10.3 Å². The first-order valence-corrected chi connectivity index (χ1v) is 10.3. The topological polar surface area (TPSA) is 89.9 Å². The lowest BCUT2D eigenvalue weighted by molar-refractivity contribution is -0.118. The Morgan fingerprint density at radius 1 is 1.10 bits per heavy atom. The SMILES string of the molecule is O=C1NC(=O)C(Cc2ccc(OCCON=Cc3cnc4ccccc4c3)cc2)S1. The summed E-state index contributed by atoms with van der Waals surface area (Å²) in [5, 5.41) is 6.64. The molecule has 30 heavy (non-hydrogen) atoms. The monoisotopic (exact) mass is 421 g/mol. The summed E-state index contributed by atoms with van der Waals surface area (Å²) in [5.41, 5.74) is 2.77. The van der Waals surface area contributed by atoms with E-state index in [2.05, 4.69) is 15.5 Å². The van der Waals surface area contributed by atoms with Gasteiger partial charge in [0.15, 0.2) is 6.61 Å². The van der Waals surface area contributed by atoms with E-state index in [1.807, 2.05) is 54.6 Å². The van der Waals surface area contributed by atoms with Gasteiger partial charge in [-0.3, -0.25) is 19.9 Å². The number of para-hydroxylation sites is 1. The molecule has 1 atom stereocenters. The maximum Gasteiger partial charge on any atom is 0.286 e. The Morgan fingerprint density at radius 3 is 2.73 bits per heavy atom. The number of aromatic nitrogens is 1. The van der Waals surface area contributed by atoms with Gasteiger partial charge in [0.1, 0.15) is 12.4 Å². The Balaban J connectivity index is 1.19. The number of nitrogens with one attached hydrogen (secondary N) is 1.